The zero-order chi connectivity index (χ0) is 17.7. The summed E-state index contributed by atoms with van der Waals surface area (Å²) in [5.41, 5.74) is 2.13. The molecule has 0 saturated carbocycles. The predicted octanol–water partition coefficient (Wildman–Crippen LogP) is 4.04. The zero-order valence-corrected chi connectivity index (χ0v) is 14.7. The Bertz CT molecular complexity index is 744. The van der Waals surface area contributed by atoms with Crippen LogP contribution in [0.4, 0.5) is 5.69 Å². The molecule has 0 bridgehead atoms. The third-order valence-electron chi connectivity index (χ3n) is 3.61. The van der Waals surface area contributed by atoms with Gasteiger partial charge in [0.05, 0.1) is 0 Å². The third-order valence-corrected chi connectivity index (χ3v) is 3.84. The summed E-state index contributed by atoms with van der Waals surface area (Å²) in [7, 11) is 0. The van der Waals surface area contributed by atoms with Crippen molar-refractivity contribution in [2.24, 2.45) is 5.92 Å². The molecule has 0 saturated heterocycles. The average molecular weight is 345 g/mol. The van der Waals surface area contributed by atoms with Gasteiger partial charge in [0.2, 0.25) is 5.91 Å². The summed E-state index contributed by atoms with van der Waals surface area (Å²) in [6.45, 7) is 5.69. The molecule has 1 unspecified atom stereocenters. The fourth-order valence-electron chi connectivity index (χ4n) is 2.33. The second-order valence-corrected chi connectivity index (χ2v) is 6.50. The molecule has 2 amide bonds. The standard InChI is InChI=1S/C19H21ClN2O2/c1-12(2)17(19(24)21-16-9-5-8-15(20)11-16)22-18(23)14-7-4-6-13(3)10-14/h4-12,17H,1-3H3,(H,21,24)(H,22,23). The minimum Gasteiger partial charge on any atom is -0.340 e. The number of anilines is 1. The molecule has 0 fully saturated rings. The summed E-state index contributed by atoms with van der Waals surface area (Å²) in [6.07, 6.45) is 0. The van der Waals surface area contributed by atoms with Gasteiger partial charge < -0.3 is 10.6 Å². The Labute approximate surface area is 147 Å². The minimum atomic E-state index is -0.642. The Hall–Kier alpha value is -2.33. The van der Waals surface area contributed by atoms with Gasteiger partial charge in [0.1, 0.15) is 6.04 Å². The lowest BCUT2D eigenvalue weighted by Gasteiger charge is -2.22. The Morgan fingerprint density at radius 1 is 1.04 bits per heavy atom. The molecule has 2 rings (SSSR count). The van der Waals surface area contributed by atoms with Crippen LogP contribution in [0.15, 0.2) is 48.5 Å². The van der Waals surface area contributed by atoms with E-state index in [1.165, 1.54) is 0 Å². The van der Waals surface area contributed by atoms with Crippen LogP contribution in [-0.4, -0.2) is 17.9 Å². The van der Waals surface area contributed by atoms with Crippen LogP contribution >= 0.6 is 11.6 Å². The molecule has 4 nitrogen and oxygen atoms in total. The van der Waals surface area contributed by atoms with Gasteiger partial charge >= 0.3 is 0 Å². The van der Waals surface area contributed by atoms with Gasteiger partial charge in [0, 0.05) is 16.3 Å². The zero-order valence-electron chi connectivity index (χ0n) is 14.0. The number of nitrogens with one attached hydrogen (secondary N) is 2. The molecule has 1 atom stereocenters. The van der Waals surface area contributed by atoms with Gasteiger partial charge in [-0.1, -0.05) is 49.2 Å². The Balaban J connectivity index is 2.11. The van der Waals surface area contributed by atoms with Gasteiger partial charge in [0.15, 0.2) is 0 Å². The number of carbonyl (C=O) groups excluding carboxylic acids is 2. The van der Waals surface area contributed by atoms with E-state index in [-0.39, 0.29) is 17.7 Å². The average Bonchev–Trinajstić information content (AvgIpc) is 2.52. The molecular formula is C19H21ClN2O2. The molecule has 2 N–H and O–H groups in total. The van der Waals surface area contributed by atoms with Gasteiger partial charge in [-0.3, -0.25) is 9.59 Å². The number of hydrogen-bond acceptors (Lipinski definition) is 2. The molecule has 0 aliphatic carbocycles. The van der Waals surface area contributed by atoms with Gasteiger partial charge in [-0.25, -0.2) is 0 Å². The number of amides is 2. The fraction of sp³-hybridized carbons (Fsp3) is 0.263. The molecule has 0 aliphatic heterocycles. The molecule has 0 heterocycles. The lowest BCUT2D eigenvalue weighted by molar-refractivity contribution is -0.118. The first-order valence-corrected chi connectivity index (χ1v) is 8.18. The fourth-order valence-corrected chi connectivity index (χ4v) is 2.52. The van der Waals surface area contributed by atoms with Crippen molar-refractivity contribution in [2.45, 2.75) is 26.8 Å². The van der Waals surface area contributed by atoms with E-state index < -0.39 is 6.04 Å². The van der Waals surface area contributed by atoms with Crippen molar-refractivity contribution < 1.29 is 9.59 Å². The van der Waals surface area contributed by atoms with Crippen molar-refractivity contribution in [1.82, 2.24) is 5.32 Å². The minimum absolute atomic E-state index is 0.0575. The van der Waals surface area contributed by atoms with E-state index >= 15 is 0 Å². The number of halogens is 1. The van der Waals surface area contributed by atoms with E-state index in [0.29, 0.717) is 16.3 Å². The molecule has 2 aromatic rings. The summed E-state index contributed by atoms with van der Waals surface area (Å²) >= 11 is 5.93. The molecule has 5 heteroatoms. The van der Waals surface area contributed by atoms with E-state index in [0.717, 1.165) is 5.56 Å². The summed E-state index contributed by atoms with van der Waals surface area (Å²) in [4.78, 5) is 24.9. The molecular weight excluding hydrogens is 324 g/mol. The normalized spacial score (nSPS) is 11.9. The maximum atomic E-state index is 12.5. The highest BCUT2D eigenvalue weighted by molar-refractivity contribution is 6.30. The van der Waals surface area contributed by atoms with Crippen LogP contribution in [0.5, 0.6) is 0 Å². The van der Waals surface area contributed by atoms with Gasteiger partial charge in [-0.05, 0) is 43.2 Å². The second-order valence-electron chi connectivity index (χ2n) is 6.06. The first-order valence-electron chi connectivity index (χ1n) is 7.81. The van der Waals surface area contributed by atoms with Crippen molar-refractivity contribution in [3.63, 3.8) is 0 Å². The molecule has 0 aliphatic rings. The number of aryl methyl sites for hydroxylation is 1. The lowest BCUT2D eigenvalue weighted by atomic mass is 10.0. The Morgan fingerprint density at radius 3 is 2.38 bits per heavy atom. The van der Waals surface area contributed by atoms with Gasteiger partial charge in [0.25, 0.3) is 5.91 Å². The Kier molecular flexibility index (Phi) is 5.99. The van der Waals surface area contributed by atoms with Crippen LogP contribution < -0.4 is 10.6 Å². The van der Waals surface area contributed by atoms with E-state index in [1.54, 1.807) is 36.4 Å². The predicted molar refractivity (Wildman–Crippen MR) is 97.4 cm³/mol. The summed E-state index contributed by atoms with van der Waals surface area (Å²) < 4.78 is 0. The number of carbonyl (C=O) groups is 2. The molecule has 2 aromatic carbocycles. The van der Waals surface area contributed by atoms with Crippen molar-refractivity contribution in [3.8, 4) is 0 Å². The van der Waals surface area contributed by atoms with Crippen molar-refractivity contribution in [3.05, 3.63) is 64.7 Å². The topological polar surface area (TPSA) is 58.2 Å². The highest BCUT2D eigenvalue weighted by Crippen LogP contribution is 2.16. The molecule has 0 radical (unpaired) electrons. The largest absolute Gasteiger partial charge is 0.340 e. The first kappa shape index (κ1) is 18.0. The van der Waals surface area contributed by atoms with Crippen LogP contribution in [0.1, 0.15) is 29.8 Å². The van der Waals surface area contributed by atoms with E-state index in [4.69, 9.17) is 11.6 Å². The van der Waals surface area contributed by atoms with E-state index in [2.05, 4.69) is 10.6 Å². The smallest absolute Gasteiger partial charge is 0.251 e. The van der Waals surface area contributed by atoms with Crippen LogP contribution in [0.25, 0.3) is 0 Å². The molecule has 0 aromatic heterocycles. The number of rotatable bonds is 5. The van der Waals surface area contributed by atoms with E-state index in [1.807, 2.05) is 32.9 Å². The van der Waals surface area contributed by atoms with E-state index in [9.17, 15) is 9.59 Å². The number of hydrogen-bond donors (Lipinski definition) is 2. The van der Waals surface area contributed by atoms with Crippen LogP contribution in [0.2, 0.25) is 5.02 Å². The molecule has 126 valence electrons. The maximum Gasteiger partial charge on any atom is 0.251 e. The quantitative estimate of drug-likeness (QED) is 0.860. The monoisotopic (exact) mass is 344 g/mol. The first-order chi connectivity index (χ1) is 11.4. The lowest BCUT2D eigenvalue weighted by Crippen LogP contribution is -2.47. The van der Waals surface area contributed by atoms with Crippen molar-refractivity contribution in [2.75, 3.05) is 5.32 Å². The Morgan fingerprint density at radius 2 is 1.75 bits per heavy atom. The highest BCUT2D eigenvalue weighted by atomic mass is 35.5. The molecule has 0 spiro atoms. The summed E-state index contributed by atoms with van der Waals surface area (Å²) in [6, 6.07) is 13.5. The summed E-state index contributed by atoms with van der Waals surface area (Å²) in [5.74, 6) is -0.593. The highest BCUT2D eigenvalue weighted by Gasteiger charge is 2.24. The number of benzene rings is 2. The van der Waals surface area contributed by atoms with Crippen molar-refractivity contribution >= 4 is 29.1 Å². The van der Waals surface area contributed by atoms with Gasteiger partial charge in [-0.15, -0.1) is 0 Å². The van der Waals surface area contributed by atoms with Crippen LogP contribution in [-0.2, 0) is 4.79 Å². The van der Waals surface area contributed by atoms with Crippen LogP contribution in [0.3, 0.4) is 0 Å². The van der Waals surface area contributed by atoms with Crippen molar-refractivity contribution in [1.29, 1.82) is 0 Å². The SMILES string of the molecule is Cc1cccc(C(=O)NC(C(=O)Nc2cccc(Cl)c2)C(C)C)c1. The van der Waals surface area contributed by atoms with Crippen LogP contribution in [0, 0.1) is 12.8 Å². The second kappa shape index (κ2) is 7.97. The molecule has 24 heavy (non-hydrogen) atoms. The summed E-state index contributed by atoms with van der Waals surface area (Å²) in [5, 5.41) is 6.14. The van der Waals surface area contributed by atoms with Gasteiger partial charge in [-0.2, -0.15) is 0 Å². The maximum absolute atomic E-state index is 12.5. The third kappa shape index (κ3) is 4.83.